The van der Waals surface area contributed by atoms with Crippen LogP contribution in [0, 0.1) is 5.92 Å². The van der Waals surface area contributed by atoms with E-state index in [0.717, 1.165) is 17.7 Å². The van der Waals surface area contributed by atoms with Crippen LogP contribution in [-0.2, 0) is 11.2 Å². The van der Waals surface area contributed by atoms with Gasteiger partial charge in [-0.25, -0.2) is 0 Å². The fraction of sp³-hybridized carbons (Fsp3) is 0.643. The molecule has 2 nitrogen and oxygen atoms in total. The molecule has 0 aliphatic heterocycles. The average Bonchev–Trinajstić information content (AvgIpc) is 2.73. The van der Waals surface area contributed by atoms with E-state index in [9.17, 15) is 4.79 Å². The van der Waals surface area contributed by atoms with Crippen molar-refractivity contribution in [3.63, 3.8) is 0 Å². The van der Waals surface area contributed by atoms with Gasteiger partial charge in [-0.05, 0) is 37.8 Å². The third kappa shape index (κ3) is 5.00. The van der Waals surface area contributed by atoms with Gasteiger partial charge in [-0.15, -0.1) is 11.3 Å². The van der Waals surface area contributed by atoms with Gasteiger partial charge in [-0.3, -0.25) is 4.79 Å². The molecule has 0 N–H and O–H groups in total. The molecule has 3 heteroatoms. The molecule has 1 unspecified atom stereocenters. The van der Waals surface area contributed by atoms with E-state index in [0.29, 0.717) is 5.92 Å². The number of Topliss-reactive ketones (excluding diaryl/α,β-unsaturated/α-hetero) is 1. The standard InChI is InChI=1S/C14H22O2S/c1-5-12-6-7-14(17-12)13(15)9-16-11(4)8-10(2)3/h6-7,10-11H,5,8-9H2,1-4H3. The predicted octanol–water partition coefficient (Wildman–Crippen LogP) is 3.94. The summed E-state index contributed by atoms with van der Waals surface area (Å²) < 4.78 is 5.57. The Hall–Kier alpha value is -0.670. The first-order valence-electron chi connectivity index (χ1n) is 6.26. The van der Waals surface area contributed by atoms with Gasteiger partial charge >= 0.3 is 0 Å². The number of ether oxygens (including phenoxy) is 1. The first-order chi connectivity index (χ1) is 8.02. The minimum Gasteiger partial charge on any atom is -0.370 e. The smallest absolute Gasteiger partial charge is 0.198 e. The summed E-state index contributed by atoms with van der Waals surface area (Å²) in [6.45, 7) is 8.65. The fourth-order valence-electron chi connectivity index (χ4n) is 1.74. The van der Waals surface area contributed by atoms with Crippen LogP contribution >= 0.6 is 11.3 Å². The van der Waals surface area contributed by atoms with Crippen molar-refractivity contribution in [3.8, 4) is 0 Å². The van der Waals surface area contributed by atoms with Gasteiger partial charge < -0.3 is 4.74 Å². The monoisotopic (exact) mass is 254 g/mol. The Balaban J connectivity index is 2.39. The zero-order chi connectivity index (χ0) is 12.8. The lowest BCUT2D eigenvalue weighted by Crippen LogP contribution is -2.16. The molecule has 96 valence electrons. The molecule has 0 aliphatic rings. The molecule has 1 rings (SSSR count). The molecular formula is C14H22O2S. The van der Waals surface area contributed by atoms with Gasteiger partial charge in [0.15, 0.2) is 5.78 Å². The summed E-state index contributed by atoms with van der Waals surface area (Å²) in [5, 5.41) is 0. The van der Waals surface area contributed by atoms with Crippen LogP contribution in [0.5, 0.6) is 0 Å². The Morgan fingerprint density at radius 1 is 1.35 bits per heavy atom. The highest BCUT2D eigenvalue weighted by atomic mass is 32.1. The quantitative estimate of drug-likeness (QED) is 0.689. The second-order valence-corrected chi connectivity index (χ2v) is 5.96. The van der Waals surface area contributed by atoms with E-state index in [2.05, 4.69) is 20.8 Å². The minimum atomic E-state index is 0.102. The third-order valence-corrected chi connectivity index (χ3v) is 3.86. The highest BCUT2D eigenvalue weighted by Gasteiger charge is 2.12. The second-order valence-electron chi connectivity index (χ2n) is 4.79. The Morgan fingerprint density at radius 3 is 2.59 bits per heavy atom. The van der Waals surface area contributed by atoms with Gasteiger partial charge in [0.05, 0.1) is 11.0 Å². The van der Waals surface area contributed by atoms with Gasteiger partial charge in [0.1, 0.15) is 6.61 Å². The van der Waals surface area contributed by atoms with E-state index in [4.69, 9.17) is 4.74 Å². The van der Waals surface area contributed by atoms with Crippen LogP contribution in [0.25, 0.3) is 0 Å². The van der Waals surface area contributed by atoms with E-state index >= 15 is 0 Å². The molecule has 0 bridgehead atoms. The number of rotatable bonds is 7. The second kappa shape index (κ2) is 6.92. The summed E-state index contributed by atoms with van der Waals surface area (Å²) in [5.41, 5.74) is 0. The highest BCUT2D eigenvalue weighted by Crippen LogP contribution is 2.18. The molecule has 0 spiro atoms. The lowest BCUT2D eigenvalue weighted by atomic mass is 10.1. The van der Waals surface area contributed by atoms with Crippen LogP contribution in [-0.4, -0.2) is 18.5 Å². The first-order valence-corrected chi connectivity index (χ1v) is 7.08. The number of ketones is 1. The molecular weight excluding hydrogens is 232 g/mol. The summed E-state index contributed by atoms with van der Waals surface area (Å²) >= 11 is 1.58. The number of carbonyl (C=O) groups excluding carboxylic acids is 1. The molecule has 17 heavy (non-hydrogen) atoms. The van der Waals surface area contributed by atoms with Crippen molar-refractivity contribution in [1.29, 1.82) is 0 Å². The number of carbonyl (C=O) groups is 1. The number of hydrogen-bond acceptors (Lipinski definition) is 3. The number of hydrogen-bond donors (Lipinski definition) is 0. The van der Waals surface area contributed by atoms with E-state index in [-0.39, 0.29) is 18.5 Å². The molecule has 1 heterocycles. The Bertz CT molecular complexity index is 355. The van der Waals surface area contributed by atoms with Crippen molar-refractivity contribution in [2.24, 2.45) is 5.92 Å². The molecule has 0 saturated carbocycles. The van der Waals surface area contributed by atoms with E-state index < -0.39 is 0 Å². The largest absolute Gasteiger partial charge is 0.370 e. The van der Waals surface area contributed by atoms with E-state index in [1.54, 1.807) is 11.3 Å². The number of thiophene rings is 1. The van der Waals surface area contributed by atoms with Crippen molar-refractivity contribution in [3.05, 3.63) is 21.9 Å². The van der Waals surface area contributed by atoms with Crippen LogP contribution in [0.3, 0.4) is 0 Å². The molecule has 1 aromatic heterocycles. The number of aryl methyl sites for hydroxylation is 1. The van der Waals surface area contributed by atoms with Crippen LogP contribution < -0.4 is 0 Å². The topological polar surface area (TPSA) is 26.3 Å². The zero-order valence-corrected chi connectivity index (χ0v) is 12.0. The van der Waals surface area contributed by atoms with Gasteiger partial charge in [0.2, 0.25) is 0 Å². The van der Waals surface area contributed by atoms with Crippen molar-refractivity contribution in [1.82, 2.24) is 0 Å². The summed E-state index contributed by atoms with van der Waals surface area (Å²) in [6, 6.07) is 3.93. The fourth-order valence-corrected chi connectivity index (χ4v) is 2.61. The molecule has 0 saturated heterocycles. The maximum atomic E-state index is 11.8. The van der Waals surface area contributed by atoms with Crippen molar-refractivity contribution >= 4 is 17.1 Å². The highest BCUT2D eigenvalue weighted by molar-refractivity contribution is 7.14. The Kier molecular flexibility index (Phi) is 5.86. The zero-order valence-electron chi connectivity index (χ0n) is 11.2. The molecule has 1 atom stereocenters. The maximum Gasteiger partial charge on any atom is 0.198 e. The van der Waals surface area contributed by atoms with Crippen LogP contribution in [0.4, 0.5) is 0 Å². The van der Waals surface area contributed by atoms with E-state index in [1.807, 2.05) is 19.1 Å². The molecule has 0 amide bonds. The normalized spacial score (nSPS) is 13.0. The summed E-state index contributed by atoms with van der Waals surface area (Å²) in [7, 11) is 0. The summed E-state index contributed by atoms with van der Waals surface area (Å²) in [5.74, 6) is 0.707. The summed E-state index contributed by atoms with van der Waals surface area (Å²) in [4.78, 5) is 13.9. The molecule has 1 aromatic rings. The van der Waals surface area contributed by atoms with E-state index in [1.165, 1.54) is 4.88 Å². The molecule has 0 aliphatic carbocycles. The maximum absolute atomic E-state index is 11.8. The van der Waals surface area contributed by atoms with Crippen molar-refractivity contribution < 1.29 is 9.53 Å². The average molecular weight is 254 g/mol. The SMILES string of the molecule is CCc1ccc(C(=O)COC(C)CC(C)C)s1. The lowest BCUT2D eigenvalue weighted by Gasteiger charge is -2.14. The Labute approximate surface area is 108 Å². The third-order valence-electron chi connectivity index (χ3n) is 2.59. The van der Waals surface area contributed by atoms with Crippen LogP contribution in [0.2, 0.25) is 0 Å². The van der Waals surface area contributed by atoms with Crippen molar-refractivity contribution in [2.75, 3.05) is 6.61 Å². The Morgan fingerprint density at radius 2 is 2.06 bits per heavy atom. The van der Waals surface area contributed by atoms with Crippen LogP contribution in [0.1, 0.15) is 48.7 Å². The predicted molar refractivity (Wildman–Crippen MR) is 72.9 cm³/mol. The molecule has 0 radical (unpaired) electrons. The van der Waals surface area contributed by atoms with Crippen LogP contribution in [0.15, 0.2) is 12.1 Å². The minimum absolute atomic E-state index is 0.102. The van der Waals surface area contributed by atoms with Gasteiger partial charge in [-0.1, -0.05) is 20.8 Å². The lowest BCUT2D eigenvalue weighted by molar-refractivity contribution is 0.0448. The summed E-state index contributed by atoms with van der Waals surface area (Å²) in [6.07, 6.45) is 2.14. The van der Waals surface area contributed by atoms with Gasteiger partial charge in [0.25, 0.3) is 0 Å². The van der Waals surface area contributed by atoms with Crippen molar-refractivity contribution in [2.45, 2.75) is 46.6 Å². The first kappa shape index (κ1) is 14.4. The molecule has 0 fully saturated rings. The molecule has 0 aromatic carbocycles. The van der Waals surface area contributed by atoms with Gasteiger partial charge in [-0.2, -0.15) is 0 Å². The van der Waals surface area contributed by atoms with Gasteiger partial charge in [0, 0.05) is 4.88 Å².